The van der Waals surface area contributed by atoms with E-state index in [1.807, 2.05) is 55.5 Å². The van der Waals surface area contributed by atoms with Gasteiger partial charge in [-0.2, -0.15) is 0 Å². The third-order valence-electron chi connectivity index (χ3n) is 16.4. The number of aryl methyl sites for hydroxylation is 1. The van der Waals surface area contributed by atoms with Gasteiger partial charge in [-0.05, 0) is 95.5 Å². The third-order valence-corrected chi connectivity index (χ3v) is 17.4. The monoisotopic (exact) mass is 1180 g/mol. The van der Waals surface area contributed by atoms with Crippen LogP contribution >= 0.6 is 0 Å². The molecular weight excluding hydrogens is 1120 g/mol. The highest BCUT2D eigenvalue weighted by Crippen LogP contribution is 2.45. The molecule has 2 aromatic heterocycles. The zero-order chi connectivity index (χ0) is 60.6. The molecule has 1 saturated heterocycles. The minimum Gasteiger partial charge on any atom is -0.473 e. The first-order chi connectivity index (χ1) is 40.6. The fraction of sp³-hybridized carbons (Fsp3) is 0.397. The van der Waals surface area contributed by atoms with Crippen LogP contribution in [-0.2, 0) is 89.3 Å². The van der Waals surface area contributed by atoms with Gasteiger partial charge < -0.3 is 48.1 Å². The number of amides is 2. The maximum Gasteiger partial charge on any atom is 0.412 e. The fourth-order valence-electron chi connectivity index (χ4n) is 11.7. The standard InChI is InChI=1S/C63H66N4O17S/c1-8-40-45-27-39(19-20-50(45)65-56-46(40)29-67-52(56)28-49-48(59(67)72)32-79-61(73)63(49,75)9-2)81-33-66(24-25-85(7,76)77)62(74)80-30-38-18-21-53(83-60-58(82-37(6)69)35(4)34(3)57(84-60)36(5)68)51(26-38)64-54(70)22-23-55(71)78-31-47-43-16-12-10-14-41(43)42-15-11-13-17-44(42)47/h10-21,26-28,34-35,47,57-58,60,75H,8-9,22-25,29-33H2,1-7H3,(H,64,70)/t34-,35-,57-,58+,60+,63-/m0/s1. The lowest BCUT2D eigenvalue weighted by atomic mass is 9.82. The molecule has 0 radical (unpaired) electrons. The van der Waals surface area contributed by atoms with Crippen LogP contribution in [0.2, 0.25) is 0 Å². The number of hydrogen-bond acceptors (Lipinski definition) is 18. The first kappa shape index (κ1) is 59.7. The molecule has 2 N–H and O–H groups in total. The molecule has 1 aliphatic carbocycles. The van der Waals surface area contributed by atoms with Crippen molar-refractivity contribution in [1.82, 2.24) is 14.5 Å². The number of aromatic nitrogens is 2. The van der Waals surface area contributed by atoms with Crippen molar-refractivity contribution in [3.8, 4) is 34.0 Å². The van der Waals surface area contributed by atoms with Gasteiger partial charge in [0.2, 0.25) is 12.2 Å². The highest BCUT2D eigenvalue weighted by Gasteiger charge is 2.48. The van der Waals surface area contributed by atoms with Gasteiger partial charge in [-0.15, -0.1) is 0 Å². The summed E-state index contributed by atoms with van der Waals surface area (Å²) in [5, 5.41) is 14.8. The molecule has 22 heteroatoms. The van der Waals surface area contributed by atoms with Crippen molar-refractivity contribution in [2.75, 3.05) is 37.2 Å². The molecule has 85 heavy (non-hydrogen) atoms. The highest BCUT2D eigenvalue weighted by molar-refractivity contribution is 7.90. The van der Waals surface area contributed by atoms with E-state index in [0.29, 0.717) is 40.0 Å². The summed E-state index contributed by atoms with van der Waals surface area (Å²) in [4.78, 5) is 98.9. The van der Waals surface area contributed by atoms with Crippen LogP contribution in [0.3, 0.4) is 0 Å². The van der Waals surface area contributed by atoms with Gasteiger partial charge >= 0.3 is 24.0 Å². The second-order valence-electron chi connectivity index (χ2n) is 22.0. The molecule has 21 nitrogen and oxygen atoms in total. The summed E-state index contributed by atoms with van der Waals surface area (Å²) in [5.74, 6) is -3.99. The zero-order valence-corrected chi connectivity index (χ0v) is 48.9. The smallest absolute Gasteiger partial charge is 0.412 e. The number of nitrogens with zero attached hydrogens (tertiary/aromatic N) is 3. The second-order valence-corrected chi connectivity index (χ2v) is 24.3. The van der Waals surface area contributed by atoms with Crippen molar-refractivity contribution in [2.45, 2.75) is 117 Å². The summed E-state index contributed by atoms with van der Waals surface area (Å²) >= 11 is 0. The van der Waals surface area contributed by atoms with E-state index >= 15 is 0 Å². The Balaban J connectivity index is 0.856. The van der Waals surface area contributed by atoms with E-state index in [4.69, 9.17) is 38.1 Å². The highest BCUT2D eigenvalue weighted by atomic mass is 32.2. The van der Waals surface area contributed by atoms with Gasteiger partial charge in [0.25, 0.3) is 5.56 Å². The van der Waals surface area contributed by atoms with Gasteiger partial charge in [0.1, 0.15) is 47.3 Å². The van der Waals surface area contributed by atoms with Crippen molar-refractivity contribution >= 4 is 62.1 Å². The number of nitrogens with one attached hydrogen (secondary N) is 1. The lowest BCUT2D eigenvalue weighted by Crippen LogP contribution is -2.55. The molecule has 6 aromatic rings. The Morgan fingerprint density at radius 1 is 0.882 bits per heavy atom. The van der Waals surface area contributed by atoms with Gasteiger partial charge in [-0.1, -0.05) is 82.3 Å². The predicted octanol–water partition coefficient (Wildman–Crippen LogP) is 7.63. The molecular formula is C63H66N4O17S. The number of sulfone groups is 1. The number of benzene rings is 4. The summed E-state index contributed by atoms with van der Waals surface area (Å²) in [7, 11) is -3.60. The molecule has 4 aromatic carbocycles. The molecule has 0 unspecified atom stereocenters. The first-order valence-electron chi connectivity index (χ1n) is 28.2. The van der Waals surface area contributed by atoms with Crippen LogP contribution in [0.5, 0.6) is 11.5 Å². The Kier molecular flexibility index (Phi) is 17.0. The van der Waals surface area contributed by atoms with Crippen LogP contribution in [0.15, 0.2) is 95.8 Å². The van der Waals surface area contributed by atoms with Crippen LogP contribution in [0, 0.1) is 11.8 Å². The van der Waals surface area contributed by atoms with E-state index in [1.54, 1.807) is 55.7 Å². The van der Waals surface area contributed by atoms with Crippen LogP contribution in [0.1, 0.15) is 106 Å². The van der Waals surface area contributed by atoms with Gasteiger partial charge in [-0.3, -0.25) is 28.9 Å². The van der Waals surface area contributed by atoms with E-state index in [1.165, 1.54) is 26.0 Å². The average Bonchev–Trinajstić information content (AvgIpc) is 1.81. The summed E-state index contributed by atoms with van der Waals surface area (Å²) in [5.41, 5.74) is 5.78. The predicted molar refractivity (Wildman–Crippen MR) is 309 cm³/mol. The number of carbonyl (C=O) groups is 6. The number of cyclic esters (lactones) is 1. The molecule has 446 valence electrons. The second kappa shape index (κ2) is 24.3. The maximum absolute atomic E-state index is 14.0. The molecule has 0 saturated carbocycles. The molecule has 2 amide bonds. The number of aliphatic hydroxyl groups is 1. The molecule has 10 rings (SSSR count). The van der Waals surface area contributed by atoms with E-state index in [0.717, 1.165) is 44.5 Å². The zero-order valence-electron chi connectivity index (χ0n) is 48.1. The van der Waals surface area contributed by atoms with Crippen LogP contribution in [0.25, 0.3) is 33.4 Å². The van der Waals surface area contributed by atoms with Crippen LogP contribution in [0.4, 0.5) is 10.5 Å². The molecule has 4 aliphatic rings. The van der Waals surface area contributed by atoms with Crippen molar-refractivity contribution in [3.05, 3.63) is 140 Å². The Labute approximate surface area is 490 Å². The van der Waals surface area contributed by atoms with Crippen LogP contribution < -0.4 is 20.3 Å². The molecule has 6 atom stereocenters. The number of anilines is 1. The largest absolute Gasteiger partial charge is 0.473 e. The quantitative estimate of drug-likeness (QED) is 0.0421. The molecule has 1 fully saturated rings. The summed E-state index contributed by atoms with van der Waals surface area (Å²) < 4.78 is 67.6. The first-order valence-corrected chi connectivity index (χ1v) is 30.2. The number of carbonyl (C=O) groups excluding carboxylic acids is 6. The van der Waals surface area contributed by atoms with Gasteiger partial charge in [0.15, 0.2) is 24.2 Å². The third kappa shape index (κ3) is 12.1. The van der Waals surface area contributed by atoms with Crippen molar-refractivity contribution in [3.63, 3.8) is 0 Å². The minimum atomic E-state index is -3.60. The molecule has 0 bridgehead atoms. The Hall–Kier alpha value is -8.47. The van der Waals surface area contributed by atoms with Crippen molar-refractivity contribution in [1.29, 1.82) is 0 Å². The van der Waals surface area contributed by atoms with Gasteiger partial charge in [0.05, 0.1) is 46.9 Å². The molecule has 0 spiro atoms. The molecule has 5 heterocycles. The number of ether oxygens (including phenoxy) is 7. The summed E-state index contributed by atoms with van der Waals surface area (Å²) in [6.45, 7) is 8.62. The van der Waals surface area contributed by atoms with Gasteiger partial charge in [0, 0.05) is 54.5 Å². The summed E-state index contributed by atoms with van der Waals surface area (Å²) in [6.07, 6.45) is -3.20. The number of ketones is 1. The number of rotatable bonds is 20. The topological polar surface area (TPSA) is 272 Å². The fourth-order valence-corrected chi connectivity index (χ4v) is 12.3. The number of esters is 3. The van der Waals surface area contributed by atoms with E-state index < -0.39 is 94.4 Å². The minimum absolute atomic E-state index is 0.000588. The van der Waals surface area contributed by atoms with Crippen molar-refractivity contribution in [2.24, 2.45) is 11.8 Å². The number of fused-ring (bicyclic) bond motifs is 8. The SMILES string of the molecule is CCc1c2c(nc3ccc(OCN(CCS(C)(=O)=O)C(=O)OCc4ccc(O[C@@H]5O[C@H](C(C)=O)[C@@H](C)[C@H](C)[C@H]5OC(C)=O)c(NC(=O)CCC(=O)OCC5c6ccccc6-c6ccccc65)c4)cc13)-c1cc3c(c(=O)n1C2)COC(=O)[C@]3(O)CC. The molecule has 3 aliphatic heterocycles. The Morgan fingerprint density at radius 3 is 2.27 bits per heavy atom. The van der Waals surface area contributed by atoms with E-state index in [-0.39, 0.29) is 85.7 Å². The van der Waals surface area contributed by atoms with E-state index in [9.17, 15) is 47.1 Å². The number of Topliss-reactive ketones (excluding diaryl/α,β-unsaturated/α-hetero) is 1. The Morgan fingerprint density at radius 2 is 1.60 bits per heavy atom. The number of hydrogen-bond donors (Lipinski definition) is 2. The van der Waals surface area contributed by atoms with E-state index in [2.05, 4.69) is 5.32 Å². The summed E-state index contributed by atoms with van der Waals surface area (Å²) in [6, 6.07) is 27.1. The maximum atomic E-state index is 14.0. The van der Waals surface area contributed by atoms with Crippen molar-refractivity contribution < 1.29 is 75.4 Å². The normalized spacial score (nSPS) is 20.2. The lowest BCUT2D eigenvalue weighted by molar-refractivity contribution is -0.241. The number of pyridine rings is 2. The average molecular weight is 1180 g/mol. The lowest BCUT2D eigenvalue weighted by Gasteiger charge is -2.42. The Bertz CT molecular complexity index is 3820. The van der Waals surface area contributed by atoms with Crippen LogP contribution in [-0.4, -0.2) is 114 Å². The van der Waals surface area contributed by atoms with Gasteiger partial charge in [-0.25, -0.2) is 23.0 Å².